The van der Waals surface area contributed by atoms with E-state index in [1.54, 1.807) is 19.2 Å². The van der Waals surface area contributed by atoms with Crippen molar-refractivity contribution >= 4 is 28.9 Å². The molecule has 0 atom stereocenters. The van der Waals surface area contributed by atoms with Gasteiger partial charge in [0.25, 0.3) is 5.91 Å². The maximum atomic E-state index is 11.8. The average Bonchev–Trinajstić information content (AvgIpc) is 2.87. The van der Waals surface area contributed by atoms with Crippen LogP contribution in [0.1, 0.15) is 31.5 Å². The zero-order valence-corrected chi connectivity index (χ0v) is 10.5. The average molecular weight is 266 g/mol. The molecule has 94 valence electrons. The Morgan fingerprint density at radius 3 is 2.72 bits per heavy atom. The molecule has 6 nitrogen and oxygen atoms in total. The quantitative estimate of drug-likeness (QED) is 0.889. The van der Waals surface area contributed by atoms with E-state index in [2.05, 4.69) is 10.5 Å². The maximum absolute atomic E-state index is 11.8. The van der Waals surface area contributed by atoms with Gasteiger partial charge in [-0.15, -0.1) is 11.3 Å². The fourth-order valence-corrected chi connectivity index (χ4v) is 2.25. The van der Waals surface area contributed by atoms with Crippen LogP contribution < -0.4 is 5.32 Å². The van der Waals surface area contributed by atoms with Gasteiger partial charge in [-0.1, -0.05) is 5.16 Å². The second kappa shape index (κ2) is 4.61. The van der Waals surface area contributed by atoms with Gasteiger partial charge in [0.05, 0.1) is 11.4 Å². The fraction of sp³-hybridized carbons (Fsp3) is 0.182. The summed E-state index contributed by atoms with van der Waals surface area (Å²) in [6.45, 7) is 3.42. The molecule has 0 fully saturated rings. The van der Waals surface area contributed by atoms with E-state index in [0.717, 1.165) is 11.3 Å². The number of aromatic carboxylic acids is 1. The normalized spacial score (nSPS) is 10.3. The van der Waals surface area contributed by atoms with Gasteiger partial charge < -0.3 is 14.9 Å². The Morgan fingerprint density at radius 2 is 2.17 bits per heavy atom. The van der Waals surface area contributed by atoms with E-state index < -0.39 is 11.9 Å². The molecule has 0 saturated heterocycles. The highest BCUT2D eigenvalue weighted by atomic mass is 32.1. The van der Waals surface area contributed by atoms with Gasteiger partial charge in [-0.3, -0.25) is 4.79 Å². The molecule has 18 heavy (non-hydrogen) atoms. The van der Waals surface area contributed by atoms with Crippen molar-refractivity contribution in [1.29, 1.82) is 0 Å². The van der Waals surface area contributed by atoms with Gasteiger partial charge in [0.1, 0.15) is 4.88 Å². The van der Waals surface area contributed by atoms with E-state index in [4.69, 9.17) is 9.63 Å². The van der Waals surface area contributed by atoms with Crippen molar-refractivity contribution in [3.05, 3.63) is 33.3 Å². The predicted octanol–water partition coefficient (Wildman–Crippen LogP) is 2.30. The largest absolute Gasteiger partial charge is 0.477 e. The lowest BCUT2D eigenvalue weighted by atomic mass is 10.2. The number of nitrogens with zero attached hydrogens (tertiary/aromatic N) is 1. The topological polar surface area (TPSA) is 92.4 Å². The first kappa shape index (κ1) is 12.3. The first-order valence-electron chi connectivity index (χ1n) is 5.05. The summed E-state index contributed by atoms with van der Waals surface area (Å²) >= 11 is 1.07. The summed E-state index contributed by atoms with van der Waals surface area (Å²) in [5, 5.41) is 16.8. The second-order valence-electron chi connectivity index (χ2n) is 3.71. The number of aromatic nitrogens is 1. The number of rotatable bonds is 3. The molecular weight excluding hydrogens is 256 g/mol. The highest BCUT2D eigenvalue weighted by Gasteiger charge is 2.19. The SMILES string of the molecule is Cc1cc(C(=O)Nc2c(C)csc2C(=O)O)on1. The zero-order chi connectivity index (χ0) is 13.3. The molecule has 2 aromatic rings. The fourth-order valence-electron chi connectivity index (χ4n) is 1.40. The standard InChI is InChI=1S/C11H10N2O4S/c1-5-4-18-9(11(15)16)8(5)12-10(14)7-3-6(2)13-17-7/h3-4H,1-2H3,(H,12,14)(H,15,16). The smallest absolute Gasteiger partial charge is 0.348 e. The number of nitrogens with one attached hydrogen (secondary N) is 1. The Labute approximate surface area is 106 Å². The van der Waals surface area contributed by atoms with Gasteiger partial charge in [-0.05, 0) is 24.8 Å². The van der Waals surface area contributed by atoms with Gasteiger partial charge in [0, 0.05) is 6.07 Å². The van der Waals surface area contributed by atoms with Crippen LogP contribution in [-0.4, -0.2) is 22.1 Å². The molecule has 0 spiro atoms. The lowest BCUT2D eigenvalue weighted by molar-refractivity contribution is 0.0703. The van der Waals surface area contributed by atoms with E-state index in [0.29, 0.717) is 16.9 Å². The van der Waals surface area contributed by atoms with Gasteiger partial charge in [0.2, 0.25) is 5.76 Å². The molecule has 0 aliphatic carbocycles. The number of carboxylic acid groups (broad SMARTS) is 1. The molecule has 2 N–H and O–H groups in total. The van der Waals surface area contributed by atoms with E-state index in [1.165, 1.54) is 6.07 Å². The Bertz CT molecular complexity index is 614. The molecule has 0 saturated carbocycles. The third-order valence-electron chi connectivity index (χ3n) is 2.26. The van der Waals surface area contributed by atoms with Crippen molar-refractivity contribution in [3.63, 3.8) is 0 Å². The molecule has 0 bridgehead atoms. The Balaban J connectivity index is 2.27. The number of carbonyl (C=O) groups is 2. The van der Waals surface area contributed by atoms with E-state index >= 15 is 0 Å². The predicted molar refractivity (Wildman–Crippen MR) is 65.2 cm³/mol. The number of hydrogen-bond acceptors (Lipinski definition) is 5. The summed E-state index contributed by atoms with van der Waals surface area (Å²) in [5.74, 6) is -1.54. The monoisotopic (exact) mass is 266 g/mol. The van der Waals surface area contributed by atoms with Crippen LogP contribution in [-0.2, 0) is 0 Å². The summed E-state index contributed by atoms with van der Waals surface area (Å²) in [6, 6.07) is 1.48. The number of thiophene rings is 1. The molecule has 0 radical (unpaired) electrons. The molecule has 2 rings (SSSR count). The Kier molecular flexibility index (Phi) is 3.15. The molecule has 0 unspecified atom stereocenters. The van der Waals surface area contributed by atoms with Crippen molar-refractivity contribution < 1.29 is 19.2 Å². The first-order chi connectivity index (χ1) is 8.49. The zero-order valence-electron chi connectivity index (χ0n) is 9.68. The van der Waals surface area contributed by atoms with Crippen molar-refractivity contribution in [2.45, 2.75) is 13.8 Å². The minimum absolute atomic E-state index is 0.0504. The van der Waals surface area contributed by atoms with E-state index in [-0.39, 0.29) is 10.6 Å². The lowest BCUT2D eigenvalue weighted by Crippen LogP contribution is -2.13. The summed E-state index contributed by atoms with van der Waals surface area (Å²) in [5.41, 5.74) is 1.58. The second-order valence-corrected chi connectivity index (χ2v) is 4.59. The van der Waals surface area contributed by atoms with Crippen LogP contribution in [0.15, 0.2) is 16.0 Å². The van der Waals surface area contributed by atoms with E-state index in [1.807, 2.05) is 0 Å². The Hall–Kier alpha value is -2.15. The van der Waals surface area contributed by atoms with Crippen LogP contribution in [0.25, 0.3) is 0 Å². The Morgan fingerprint density at radius 1 is 1.44 bits per heavy atom. The molecular formula is C11H10N2O4S. The summed E-state index contributed by atoms with van der Waals surface area (Å²) < 4.78 is 4.81. The maximum Gasteiger partial charge on any atom is 0.348 e. The number of anilines is 1. The van der Waals surface area contributed by atoms with Crippen molar-refractivity contribution in [3.8, 4) is 0 Å². The number of aryl methyl sites for hydroxylation is 2. The highest BCUT2D eigenvalue weighted by Crippen LogP contribution is 2.28. The van der Waals surface area contributed by atoms with E-state index in [9.17, 15) is 9.59 Å². The van der Waals surface area contributed by atoms with Crippen LogP contribution in [0.3, 0.4) is 0 Å². The van der Waals surface area contributed by atoms with Crippen molar-refractivity contribution in [2.75, 3.05) is 5.32 Å². The lowest BCUT2D eigenvalue weighted by Gasteiger charge is -2.03. The molecule has 0 aliphatic rings. The van der Waals surface area contributed by atoms with Gasteiger partial charge in [0.15, 0.2) is 0 Å². The minimum atomic E-state index is -1.07. The summed E-state index contributed by atoms with van der Waals surface area (Å²) in [6.07, 6.45) is 0. The van der Waals surface area contributed by atoms with Crippen LogP contribution in [0, 0.1) is 13.8 Å². The first-order valence-corrected chi connectivity index (χ1v) is 5.93. The molecule has 2 heterocycles. The van der Waals surface area contributed by atoms with Gasteiger partial charge in [-0.25, -0.2) is 4.79 Å². The van der Waals surface area contributed by atoms with Crippen LogP contribution >= 0.6 is 11.3 Å². The molecule has 1 amide bonds. The third kappa shape index (κ3) is 2.25. The molecule has 0 aliphatic heterocycles. The number of amides is 1. The molecule has 2 aromatic heterocycles. The molecule has 0 aromatic carbocycles. The van der Waals surface area contributed by atoms with Crippen molar-refractivity contribution in [1.82, 2.24) is 5.16 Å². The van der Waals surface area contributed by atoms with Crippen LogP contribution in [0.2, 0.25) is 0 Å². The number of carboxylic acids is 1. The van der Waals surface area contributed by atoms with Gasteiger partial charge in [-0.2, -0.15) is 0 Å². The van der Waals surface area contributed by atoms with Gasteiger partial charge >= 0.3 is 5.97 Å². The number of carbonyl (C=O) groups excluding carboxylic acids is 1. The highest BCUT2D eigenvalue weighted by molar-refractivity contribution is 7.12. The van der Waals surface area contributed by atoms with Crippen molar-refractivity contribution in [2.24, 2.45) is 0 Å². The molecule has 7 heteroatoms. The minimum Gasteiger partial charge on any atom is -0.477 e. The van der Waals surface area contributed by atoms with Crippen LogP contribution in [0.5, 0.6) is 0 Å². The summed E-state index contributed by atoms with van der Waals surface area (Å²) in [4.78, 5) is 22.9. The number of hydrogen-bond donors (Lipinski definition) is 2. The van der Waals surface area contributed by atoms with Crippen LogP contribution in [0.4, 0.5) is 5.69 Å². The third-order valence-corrected chi connectivity index (χ3v) is 3.35. The summed E-state index contributed by atoms with van der Waals surface area (Å²) in [7, 11) is 0.